The Balaban J connectivity index is 1.26. The number of rotatable bonds is 7. The number of thiazole rings is 1. The van der Waals surface area contributed by atoms with Gasteiger partial charge in [0.15, 0.2) is 18.1 Å². The highest BCUT2D eigenvalue weighted by atomic mass is 32.2. The number of hydrogen-bond donors (Lipinski definition) is 2. The zero-order valence-electron chi connectivity index (χ0n) is 22.7. The number of aromatic amines is 1. The molecule has 14 heteroatoms. The quantitative estimate of drug-likeness (QED) is 0.264. The number of carbonyl (C=O) groups excluding carboxylic acids is 3. The number of aromatic nitrogens is 1. The number of nitrogens with zero attached hydrogens (tertiary/aromatic N) is 1. The number of benzene rings is 3. The predicted octanol–water partition coefficient (Wildman–Crippen LogP) is 5.28. The smallest absolute Gasteiger partial charge is 0.416 e. The van der Waals surface area contributed by atoms with Crippen molar-refractivity contribution in [1.82, 2.24) is 4.98 Å². The van der Waals surface area contributed by atoms with E-state index in [0.717, 1.165) is 35.2 Å². The number of hydrogen-bond acceptors (Lipinski definition) is 8. The van der Waals surface area contributed by atoms with Crippen molar-refractivity contribution in [3.8, 4) is 11.5 Å². The molecule has 3 heterocycles. The average molecular weight is 642 g/mol. The number of alkyl halides is 3. The molecule has 4 aromatic rings. The van der Waals surface area contributed by atoms with Gasteiger partial charge in [-0.15, -0.1) is 0 Å². The van der Waals surface area contributed by atoms with Crippen LogP contribution in [0.25, 0.3) is 0 Å². The van der Waals surface area contributed by atoms with E-state index in [4.69, 9.17) is 9.47 Å². The molecule has 2 N–H and O–H groups in total. The van der Waals surface area contributed by atoms with E-state index >= 15 is 0 Å². The van der Waals surface area contributed by atoms with Crippen LogP contribution in [0.1, 0.15) is 21.9 Å². The summed E-state index contributed by atoms with van der Waals surface area (Å²) in [5, 5.41) is 2.13. The molecule has 0 saturated carbocycles. The number of carbonyl (C=O) groups is 3. The Hall–Kier alpha value is -4.56. The van der Waals surface area contributed by atoms with Crippen LogP contribution in [0.2, 0.25) is 0 Å². The number of thioether (sulfide) groups is 1. The second-order valence-corrected chi connectivity index (χ2v) is 12.1. The monoisotopic (exact) mass is 641 g/mol. The zero-order chi connectivity index (χ0) is 31.2. The fourth-order valence-electron chi connectivity index (χ4n) is 5.32. The molecule has 226 valence electrons. The van der Waals surface area contributed by atoms with Crippen LogP contribution in [0.4, 0.5) is 24.5 Å². The Labute approximate surface area is 256 Å². The van der Waals surface area contributed by atoms with Gasteiger partial charge in [-0.2, -0.15) is 13.2 Å². The van der Waals surface area contributed by atoms with Crippen LogP contribution in [-0.2, 0) is 20.6 Å². The number of para-hydroxylation sites is 1. The first-order valence-electron chi connectivity index (χ1n) is 13.2. The molecule has 9 nitrogen and oxygen atoms in total. The molecule has 1 fully saturated rings. The second kappa shape index (κ2) is 11.5. The third-order valence-electron chi connectivity index (χ3n) is 7.22. The number of imide groups is 1. The van der Waals surface area contributed by atoms with E-state index in [1.807, 2.05) is 0 Å². The van der Waals surface area contributed by atoms with Crippen molar-refractivity contribution in [2.75, 3.05) is 23.9 Å². The molecular weight excluding hydrogens is 619 g/mol. The highest BCUT2D eigenvalue weighted by molar-refractivity contribution is 8.00. The lowest BCUT2D eigenvalue weighted by molar-refractivity contribution is -0.137. The first-order chi connectivity index (χ1) is 21.0. The lowest BCUT2D eigenvalue weighted by Gasteiger charge is -2.30. The van der Waals surface area contributed by atoms with Gasteiger partial charge in [0.05, 0.1) is 29.3 Å². The summed E-state index contributed by atoms with van der Waals surface area (Å²) in [6.45, 7) is -0.528. The standard InChI is InChI=1S/C30H22F3N3O6S2/c1-41-20-12-15(10-11-19(20)42-14-21(37)34-17-7-5-6-16(13-17)30(31,32)33)22-23-25(43-26-24(22)44-29(40)35-26)28(39)36(27(23)38)18-8-3-2-4-9-18/h2-13,22-23,25H,14H2,1H3,(H,34,37)(H,35,40). The van der Waals surface area contributed by atoms with Gasteiger partial charge in [-0.3, -0.25) is 19.2 Å². The highest BCUT2D eigenvalue weighted by Gasteiger charge is 2.56. The molecule has 2 aliphatic heterocycles. The number of H-pyrrole nitrogens is 1. The van der Waals surface area contributed by atoms with E-state index < -0.39 is 41.3 Å². The van der Waals surface area contributed by atoms with Crippen molar-refractivity contribution < 1.29 is 37.0 Å². The summed E-state index contributed by atoms with van der Waals surface area (Å²) in [5.41, 5.74) is 0.104. The molecule has 0 aliphatic carbocycles. The summed E-state index contributed by atoms with van der Waals surface area (Å²) in [5.74, 6) is -2.54. The maximum absolute atomic E-state index is 13.8. The van der Waals surface area contributed by atoms with Crippen molar-refractivity contribution in [2.45, 2.75) is 22.4 Å². The van der Waals surface area contributed by atoms with Crippen molar-refractivity contribution >= 4 is 52.2 Å². The van der Waals surface area contributed by atoms with E-state index in [0.29, 0.717) is 21.2 Å². The fourth-order valence-corrected chi connectivity index (χ4v) is 7.83. The third kappa shape index (κ3) is 5.46. The van der Waals surface area contributed by atoms with Crippen molar-refractivity contribution in [3.05, 3.63) is 98.5 Å². The zero-order valence-corrected chi connectivity index (χ0v) is 24.3. The predicted molar refractivity (Wildman–Crippen MR) is 157 cm³/mol. The normalized spacial score (nSPS) is 19.4. The molecule has 0 radical (unpaired) electrons. The molecule has 3 amide bonds. The van der Waals surface area contributed by atoms with Crippen molar-refractivity contribution in [2.24, 2.45) is 5.92 Å². The lowest BCUT2D eigenvalue weighted by Crippen LogP contribution is -2.32. The molecule has 1 aromatic heterocycles. The number of nitrogens with one attached hydrogen (secondary N) is 2. The van der Waals surface area contributed by atoms with Gasteiger partial charge in [0.2, 0.25) is 11.8 Å². The number of fused-ring (bicyclic) bond motifs is 2. The van der Waals surface area contributed by atoms with E-state index in [2.05, 4.69) is 10.3 Å². The minimum absolute atomic E-state index is 0.0397. The van der Waals surface area contributed by atoms with E-state index in [-0.39, 0.29) is 33.9 Å². The Morgan fingerprint density at radius 2 is 1.75 bits per heavy atom. The number of halogens is 3. The lowest BCUT2D eigenvalue weighted by atomic mass is 9.83. The van der Waals surface area contributed by atoms with E-state index in [1.165, 1.54) is 30.2 Å². The molecule has 44 heavy (non-hydrogen) atoms. The minimum atomic E-state index is -4.56. The van der Waals surface area contributed by atoms with Gasteiger partial charge >= 0.3 is 11.0 Å². The van der Waals surface area contributed by atoms with E-state index in [9.17, 15) is 32.3 Å². The van der Waals surface area contributed by atoms with Crippen LogP contribution in [0.15, 0.2) is 82.6 Å². The molecular formula is C30H22F3N3O6S2. The Kier molecular flexibility index (Phi) is 7.72. The third-order valence-corrected chi connectivity index (χ3v) is 9.62. The van der Waals surface area contributed by atoms with Gasteiger partial charge in [-0.05, 0) is 48.0 Å². The summed E-state index contributed by atoms with van der Waals surface area (Å²) in [6.07, 6.45) is -4.56. The largest absolute Gasteiger partial charge is 0.493 e. The molecule has 3 atom stereocenters. The van der Waals surface area contributed by atoms with Crippen LogP contribution < -0.4 is 24.6 Å². The first-order valence-corrected chi connectivity index (χ1v) is 14.8. The van der Waals surface area contributed by atoms with Crippen molar-refractivity contribution in [3.63, 3.8) is 0 Å². The summed E-state index contributed by atoms with van der Waals surface area (Å²) in [4.78, 5) is 56.5. The van der Waals surface area contributed by atoms with Crippen LogP contribution in [0.3, 0.4) is 0 Å². The first kappa shape index (κ1) is 29.5. The highest BCUT2D eigenvalue weighted by Crippen LogP contribution is 2.53. The van der Waals surface area contributed by atoms with Gasteiger partial charge in [-0.25, -0.2) is 4.90 Å². The maximum Gasteiger partial charge on any atom is 0.416 e. The Morgan fingerprint density at radius 3 is 2.48 bits per heavy atom. The van der Waals surface area contributed by atoms with Crippen LogP contribution in [0.5, 0.6) is 11.5 Å². The summed E-state index contributed by atoms with van der Waals surface area (Å²) in [7, 11) is 1.38. The number of amides is 3. The average Bonchev–Trinajstić information content (AvgIpc) is 3.50. The summed E-state index contributed by atoms with van der Waals surface area (Å²) < 4.78 is 50.2. The Morgan fingerprint density at radius 1 is 0.977 bits per heavy atom. The Bertz CT molecular complexity index is 1820. The van der Waals surface area contributed by atoms with Crippen LogP contribution in [-0.4, -0.2) is 41.7 Å². The number of anilines is 2. The number of ether oxygens (including phenoxy) is 2. The molecule has 3 unspecified atom stereocenters. The van der Waals surface area contributed by atoms with Gasteiger partial charge in [0.25, 0.3) is 5.91 Å². The summed E-state index contributed by atoms with van der Waals surface area (Å²) >= 11 is 2.13. The summed E-state index contributed by atoms with van der Waals surface area (Å²) in [6, 6.07) is 17.7. The van der Waals surface area contributed by atoms with Crippen molar-refractivity contribution in [1.29, 1.82) is 0 Å². The molecule has 1 saturated heterocycles. The van der Waals surface area contributed by atoms with Gasteiger partial charge in [-0.1, -0.05) is 53.4 Å². The number of methoxy groups -OCH3 is 1. The maximum atomic E-state index is 13.8. The molecule has 6 rings (SSSR count). The fraction of sp³-hybridized carbons (Fsp3) is 0.200. The molecule has 0 spiro atoms. The SMILES string of the molecule is COc1cc(C2c3sc(=O)[nH]c3SC3C(=O)N(c4ccccc4)C(=O)C32)ccc1OCC(=O)Nc1cccc(C(F)(F)F)c1. The molecule has 0 bridgehead atoms. The minimum Gasteiger partial charge on any atom is -0.493 e. The topological polar surface area (TPSA) is 118 Å². The van der Waals surface area contributed by atoms with Gasteiger partial charge < -0.3 is 19.8 Å². The molecule has 3 aromatic carbocycles. The molecule has 2 aliphatic rings. The van der Waals surface area contributed by atoms with Crippen LogP contribution >= 0.6 is 23.1 Å². The van der Waals surface area contributed by atoms with E-state index in [1.54, 1.807) is 42.5 Å². The van der Waals surface area contributed by atoms with Crippen LogP contribution in [0, 0.1) is 5.92 Å². The van der Waals surface area contributed by atoms with Gasteiger partial charge in [0.1, 0.15) is 5.25 Å². The van der Waals surface area contributed by atoms with Gasteiger partial charge in [0, 0.05) is 16.5 Å². The second-order valence-electron chi connectivity index (χ2n) is 9.92.